The Balaban J connectivity index is 1.15. The van der Waals surface area contributed by atoms with Crippen molar-refractivity contribution in [2.24, 2.45) is 11.8 Å². The van der Waals surface area contributed by atoms with E-state index >= 15 is 0 Å². The first-order valence-electron chi connectivity index (χ1n) is 12.2. The van der Waals surface area contributed by atoms with Gasteiger partial charge in [0.2, 0.25) is 0 Å². The van der Waals surface area contributed by atoms with Crippen LogP contribution in [-0.4, -0.2) is 66.9 Å². The first-order chi connectivity index (χ1) is 17.0. The van der Waals surface area contributed by atoms with Crippen LogP contribution in [-0.2, 0) is 19.1 Å². The van der Waals surface area contributed by atoms with Crippen LogP contribution in [0.3, 0.4) is 0 Å². The Hall–Kier alpha value is -3.39. The molecule has 5 rings (SSSR count). The summed E-state index contributed by atoms with van der Waals surface area (Å²) in [6.45, 7) is 1.68. The molecule has 0 saturated carbocycles. The summed E-state index contributed by atoms with van der Waals surface area (Å²) < 4.78 is 11.3. The first-order valence-corrected chi connectivity index (χ1v) is 12.2. The summed E-state index contributed by atoms with van der Waals surface area (Å²) in [4.78, 5) is 38.5. The molecule has 8 nitrogen and oxygen atoms in total. The maximum atomic E-state index is 13.0. The number of carboxylic acids is 1. The second kappa shape index (κ2) is 10.1. The lowest BCUT2D eigenvalue weighted by Gasteiger charge is -2.33. The number of carboxylic acid groups (broad SMARTS) is 1. The van der Waals surface area contributed by atoms with Crippen molar-refractivity contribution in [3.63, 3.8) is 0 Å². The molecule has 2 aliphatic heterocycles. The van der Waals surface area contributed by atoms with Gasteiger partial charge in [-0.2, -0.15) is 0 Å². The predicted molar refractivity (Wildman–Crippen MR) is 128 cm³/mol. The Kier molecular flexibility index (Phi) is 6.72. The van der Waals surface area contributed by atoms with Gasteiger partial charge in [-0.15, -0.1) is 0 Å². The van der Waals surface area contributed by atoms with Crippen LogP contribution in [0.15, 0.2) is 48.5 Å². The summed E-state index contributed by atoms with van der Waals surface area (Å²) in [6, 6.07) is 16.3. The van der Waals surface area contributed by atoms with Crippen LogP contribution in [0.5, 0.6) is 0 Å². The second-order valence-corrected chi connectivity index (χ2v) is 9.51. The quantitative estimate of drug-likeness (QED) is 0.660. The van der Waals surface area contributed by atoms with E-state index in [0.29, 0.717) is 32.4 Å². The lowest BCUT2D eigenvalue weighted by atomic mass is 9.95. The number of piperidine rings is 1. The topological polar surface area (TPSA) is 105 Å². The van der Waals surface area contributed by atoms with Gasteiger partial charge in [0.1, 0.15) is 12.7 Å². The van der Waals surface area contributed by atoms with Crippen molar-refractivity contribution in [3.8, 4) is 11.1 Å². The lowest BCUT2D eigenvalue weighted by Crippen LogP contribution is -2.49. The molecule has 2 aromatic carbocycles. The molecule has 3 atom stereocenters. The molecule has 8 heteroatoms. The molecule has 2 saturated heterocycles. The van der Waals surface area contributed by atoms with E-state index in [4.69, 9.17) is 9.47 Å². The molecule has 2 amide bonds. The summed E-state index contributed by atoms with van der Waals surface area (Å²) in [7, 11) is 0. The molecular weight excluding hydrogens is 448 g/mol. The minimum atomic E-state index is -0.872. The number of carbonyl (C=O) groups is 3. The number of benzene rings is 2. The van der Waals surface area contributed by atoms with Crippen molar-refractivity contribution < 1.29 is 29.0 Å². The highest BCUT2D eigenvalue weighted by molar-refractivity contribution is 5.83. The van der Waals surface area contributed by atoms with E-state index in [0.717, 1.165) is 11.1 Å². The molecule has 0 aromatic heterocycles. The second-order valence-electron chi connectivity index (χ2n) is 9.51. The largest absolute Gasteiger partial charge is 0.481 e. The van der Waals surface area contributed by atoms with Gasteiger partial charge in [-0.05, 0) is 41.5 Å². The van der Waals surface area contributed by atoms with Crippen molar-refractivity contribution in [2.75, 3.05) is 32.8 Å². The summed E-state index contributed by atoms with van der Waals surface area (Å²) in [5, 5.41) is 12.1. The number of nitrogens with one attached hydrogen (secondary N) is 1. The van der Waals surface area contributed by atoms with E-state index in [9.17, 15) is 19.5 Å². The third kappa shape index (κ3) is 4.75. The van der Waals surface area contributed by atoms with Crippen LogP contribution in [0.2, 0.25) is 0 Å². The molecular formula is C27H30N2O6. The SMILES string of the molecule is O=C(NCC1CCOC1C(=O)N1CCCC(C(=O)O)C1)OCC1c2ccccc2-c2ccccc21. The molecule has 2 heterocycles. The summed E-state index contributed by atoms with van der Waals surface area (Å²) in [5.74, 6) is -1.78. The van der Waals surface area contributed by atoms with E-state index in [1.54, 1.807) is 4.90 Å². The van der Waals surface area contributed by atoms with Gasteiger partial charge >= 0.3 is 12.1 Å². The van der Waals surface area contributed by atoms with E-state index < -0.39 is 24.1 Å². The fourth-order valence-corrected chi connectivity index (χ4v) is 5.54. The highest BCUT2D eigenvalue weighted by Crippen LogP contribution is 2.44. The molecule has 0 spiro atoms. The molecule has 3 unspecified atom stereocenters. The van der Waals surface area contributed by atoms with Crippen molar-refractivity contribution in [1.29, 1.82) is 0 Å². The molecule has 0 bridgehead atoms. The number of carbonyl (C=O) groups excluding carboxylic acids is 2. The molecule has 1 aliphatic carbocycles. The maximum Gasteiger partial charge on any atom is 0.407 e. The highest BCUT2D eigenvalue weighted by atomic mass is 16.5. The van der Waals surface area contributed by atoms with Gasteiger partial charge in [0.15, 0.2) is 0 Å². The number of aliphatic carboxylic acids is 1. The van der Waals surface area contributed by atoms with Crippen LogP contribution in [0.4, 0.5) is 4.79 Å². The number of ether oxygens (including phenoxy) is 2. The van der Waals surface area contributed by atoms with Gasteiger partial charge < -0.3 is 24.8 Å². The predicted octanol–water partition coefficient (Wildman–Crippen LogP) is 3.25. The van der Waals surface area contributed by atoms with Gasteiger partial charge in [-0.3, -0.25) is 9.59 Å². The zero-order valence-electron chi connectivity index (χ0n) is 19.5. The van der Waals surface area contributed by atoms with Crippen molar-refractivity contribution >= 4 is 18.0 Å². The number of hydrogen-bond donors (Lipinski definition) is 2. The number of alkyl carbamates (subject to hydrolysis) is 1. The maximum absolute atomic E-state index is 13.0. The number of rotatable bonds is 6. The van der Waals surface area contributed by atoms with Crippen LogP contribution in [0, 0.1) is 11.8 Å². The summed E-state index contributed by atoms with van der Waals surface area (Å²) >= 11 is 0. The highest BCUT2D eigenvalue weighted by Gasteiger charge is 2.39. The van der Waals surface area contributed by atoms with Crippen LogP contribution in [0.1, 0.15) is 36.3 Å². The molecule has 184 valence electrons. The molecule has 2 N–H and O–H groups in total. The average molecular weight is 479 g/mol. The zero-order valence-corrected chi connectivity index (χ0v) is 19.5. The number of fused-ring (bicyclic) bond motifs is 3. The smallest absolute Gasteiger partial charge is 0.407 e. The fourth-order valence-electron chi connectivity index (χ4n) is 5.54. The lowest BCUT2D eigenvalue weighted by molar-refractivity contribution is -0.149. The van der Waals surface area contributed by atoms with E-state index in [-0.39, 0.29) is 37.4 Å². The molecule has 0 radical (unpaired) electrons. The Labute approximate surface area is 204 Å². The summed E-state index contributed by atoms with van der Waals surface area (Å²) in [5.41, 5.74) is 4.64. The Morgan fingerprint density at radius 3 is 2.40 bits per heavy atom. The average Bonchev–Trinajstić information content (AvgIpc) is 3.48. The van der Waals surface area contributed by atoms with E-state index in [1.165, 1.54) is 11.1 Å². The van der Waals surface area contributed by atoms with E-state index in [1.807, 2.05) is 24.3 Å². The monoisotopic (exact) mass is 478 g/mol. The van der Waals surface area contributed by atoms with Crippen molar-refractivity contribution in [1.82, 2.24) is 10.2 Å². The van der Waals surface area contributed by atoms with Gasteiger partial charge in [0, 0.05) is 38.1 Å². The Morgan fingerprint density at radius 2 is 1.71 bits per heavy atom. The Morgan fingerprint density at radius 1 is 1.03 bits per heavy atom. The Bertz CT molecular complexity index is 1070. The van der Waals surface area contributed by atoms with E-state index in [2.05, 4.69) is 29.6 Å². The number of nitrogens with zero attached hydrogens (tertiary/aromatic N) is 1. The molecule has 2 aromatic rings. The van der Waals surface area contributed by atoms with Gasteiger partial charge in [-0.1, -0.05) is 48.5 Å². The third-order valence-electron chi connectivity index (χ3n) is 7.39. The number of hydrogen-bond acceptors (Lipinski definition) is 5. The first kappa shape index (κ1) is 23.4. The minimum absolute atomic E-state index is 0.0152. The van der Waals surface area contributed by atoms with Crippen LogP contribution in [0.25, 0.3) is 11.1 Å². The fraction of sp³-hybridized carbons (Fsp3) is 0.444. The standard InChI is InChI=1S/C27H30N2O6/c30-25(29-12-5-6-18(15-29)26(31)32)24-17(11-13-34-24)14-28-27(33)35-16-23-21-9-3-1-7-19(21)20-8-2-4-10-22(20)23/h1-4,7-10,17-18,23-24H,5-6,11-16H2,(H,28,33)(H,31,32). The normalized spacial score (nSPS) is 23.4. The van der Waals surface area contributed by atoms with Crippen molar-refractivity contribution in [3.05, 3.63) is 59.7 Å². The number of likely N-dealkylation sites (tertiary alicyclic amines) is 1. The van der Waals surface area contributed by atoms with Gasteiger partial charge in [0.25, 0.3) is 5.91 Å². The number of amides is 2. The zero-order chi connectivity index (χ0) is 24.4. The summed E-state index contributed by atoms with van der Waals surface area (Å²) in [6.07, 6.45) is 0.705. The minimum Gasteiger partial charge on any atom is -0.481 e. The van der Waals surface area contributed by atoms with Gasteiger partial charge in [0.05, 0.1) is 5.92 Å². The van der Waals surface area contributed by atoms with Crippen molar-refractivity contribution in [2.45, 2.75) is 31.3 Å². The van der Waals surface area contributed by atoms with Gasteiger partial charge in [-0.25, -0.2) is 4.79 Å². The van der Waals surface area contributed by atoms with Crippen LogP contribution < -0.4 is 5.32 Å². The molecule has 35 heavy (non-hydrogen) atoms. The molecule has 2 fully saturated rings. The molecule has 3 aliphatic rings. The van der Waals surface area contributed by atoms with Crippen LogP contribution >= 0.6 is 0 Å². The third-order valence-corrected chi connectivity index (χ3v) is 7.39.